The lowest BCUT2D eigenvalue weighted by atomic mass is 10.1. The summed E-state index contributed by atoms with van der Waals surface area (Å²) in [5, 5.41) is 9.06. The largest absolute Gasteiger partial charge is 0.508 e. The first-order valence-corrected chi connectivity index (χ1v) is 6.64. The third-order valence-electron chi connectivity index (χ3n) is 1.90. The van der Waals surface area contributed by atoms with Crippen molar-refractivity contribution in [3.63, 3.8) is 0 Å². The molecule has 1 aromatic carbocycles. The van der Waals surface area contributed by atoms with E-state index in [9.17, 15) is 8.42 Å². The van der Waals surface area contributed by atoms with Gasteiger partial charge in [0, 0.05) is 17.8 Å². The van der Waals surface area contributed by atoms with E-state index in [1.165, 1.54) is 19.2 Å². The molecule has 0 fully saturated rings. The van der Waals surface area contributed by atoms with Crippen molar-refractivity contribution < 1.29 is 18.3 Å². The molecule has 1 unspecified atom stereocenters. The van der Waals surface area contributed by atoms with Gasteiger partial charge in [0.15, 0.2) is 0 Å². The Morgan fingerprint density at radius 2 is 1.93 bits per heavy atom. The van der Waals surface area contributed by atoms with E-state index in [1.807, 2.05) is 0 Å². The molecule has 0 heterocycles. The molecule has 1 atom stereocenters. The van der Waals surface area contributed by atoms with Crippen LogP contribution in [0.1, 0.15) is 11.7 Å². The molecular weight excluding hydrogens is 240 g/mol. The highest BCUT2D eigenvalue weighted by Crippen LogP contribution is 2.22. The van der Waals surface area contributed by atoms with Crippen molar-refractivity contribution in [1.82, 2.24) is 0 Å². The van der Waals surface area contributed by atoms with Gasteiger partial charge < -0.3 is 9.84 Å². The van der Waals surface area contributed by atoms with E-state index >= 15 is 0 Å². The zero-order valence-corrected chi connectivity index (χ0v) is 9.62. The van der Waals surface area contributed by atoms with Crippen LogP contribution in [0.2, 0.25) is 0 Å². The number of hydrogen-bond acceptors (Lipinski definition) is 4. The minimum atomic E-state index is -3.61. The van der Waals surface area contributed by atoms with Crippen molar-refractivity contribution in [2.75, 3.05) is 12.9 Å². The molecule has 1 aromatic rings. The zero-order valence-electron chi connectivity index (χ0n) is 8.05. The number of phenolic OH excluding ortho intramolecular Hbond substituents is 1. The summed E-state index contributed by atoms with van der Waals surface area (Å²) in [7, 11) is 2.92. The fourth-order valence-electron chi connectivity index (χ4n) is 1.17. The topological polar surface area (TPSA) is 63.6 Å². The van der Waals surface area contributed by atoms with Crippen LogP contribution in [0.4, 0.5) is 0 Å². The van der Waals surface area contributed by atoms with Gasteiger partial charge in [-0.3, -0.25) is 0 Å². The van der Waals surface area contributed by atoms with Crippen LogP contribution in [0, 0.1) is 0 Å². The number of aromatic hydroxyl groups is 1. The molecule has 0 amide bonds. The summed E-state index contributed by atoms with van der Waals surface area (Å²) in [6.07, 6.45) is -0.618. The van der Waals surface area contributed by atoms with Gasteiger partial charge in [-0.25, -0.2) is 8.42 Å². The Hall–Kier alpha value is -0.780. The van der Waals surface area contributed by atoms with Gasteiger partial charge in [0.1, 0.15) is 5.75 Å². The molecule has 0 spiro atoms. The number of hydrogen-bond donors (Lipinski definition) is 1. The molecule has 0 radical (unpaired) electrons. The lowest BCUT2D eigenvalue weighted by Crippen LogP contribution is -2.11. The van der Waals surface area contributed by atoms with Crippen LogP contribution in [0.15, 0.2) is 24.3 Å². The van der Waals surface area contributed by atoms with Crippen LogP contribution in [0.25, 0.3) is 0 Å². The number of rotatable bonds is 4. The Morgan fingerprint density at radius 3 is 2.33 bits per heavy atom. The molecule has 1 N–H and O–H groups in total. The van der Waals surface area contributed by atoms with Crippen molar-refractivity contribution in [3.05, 3.63) is 29.8 Å². The second kappa shape index (κ2) is 4.83. The van der Waals surface area contributed by atoms with Gasteiger partial charge in [-0.2, -0.15) is 0 Å². The summed E-state index contributed by atoms with van der Waals surface area (Å²) in [5.74, 6) is -0.183. The number of halogens is 1. The van der Waals surface area contributed by atoms with Crippen molar-refractivity contribution in [3.8, 4) is 5.75 Å². The van der Waals surface area contributed by atoms with Gasteiger partial charge in [-0.15, -0.1) is 0 Å². The van der Waals surface area contributed by atoms with Crippen LogP contribution in [0.3, 0.4) is 0 Å². The molecule has 0 aliphatic carbocycles. The summed E-state index contributed by atoms with van der Waals surface area (Å²) < 4.78 is 26.8. The van der Waals surface area contributed by atoms with E-state index in [4.69, 9.17) is 20.5 Å². The number of methoxy groups -OCH3 is 1. The monoisotopic (exact) mass is 250 g/mol. The quantitative estimate of drug-likeness (QED) is 0.826. The number of benzene rings is 1. The van der Waals surface area contributed by atoms with E-state index in [0.717, 1.165) is 0 Å². The average Bonchev–Trinajstić information content (AvgIpc) is 2.14. The van der Waals surface area contributed by atoms with Crippen LogP contribution in [0.5, 0.6) is 5.75 Å². The summed E-state index contributed by atoms with van der Waals surface area (Å²) in [6.45, 7) is 0. The Labute approximate surface area is 92.9 Å². The fourth-order valence-corrected chi connectivity index (χ4v) is 2.20. The third-order valence-corrected chi connectivity index (χ3v) is 2.98. The molecule has 4 nitrogen and oxygen atoms in total. The first-order chi connectivity index (χ1) is 6.92. The highest BCUT2D eigenvalue weighted by molar-refractivity contribution is 8.13. The molecular formula is C9H11ClO4S. The van der Waals surface area contributed by atoms with E-state index in [2.05, 4.69) is 0 Å². The van der Waals surface area contributed by atoms with Gasteiger partial charge in [-0.05, 0) is 17.7 Å². The molecule has 0 bridgehead atoms. The minimum Gasteiger partial charge on any atom is -0.508 e. The highest BCUT2D eigenvalue weighted by atomic mass is 35.7. The van der Waals surface area contributed by atoms with Gasteiger partial charge in [0.25, 0.3) is 0 Å². The Balaban J connectivity index is 2.88. The zero-order chi connectivity index (χ0) is 11.5. The molecule has 6 heteroatoms. The predicted octanol–water partition coefficient (Wildman–Crippen LogP) is 1.65. The van der Waals surface area contributed by atoms with Gasteiger partial charge in [0.2, 0.25) is 9.05 Å². The smallest absolute Gasteiger partial charge is 0.235 e. The van der Waals surface area contributed by atoms with Crippen molar-refractivity contribution in [1.29, 1.82) is 0 Å². The molecule has 0 aliphatic rings. The lowest BCUT2D eigenvalue weighted by Gasteiger charge is -2.13. The van der Waals surface area contributed by atoms with Crippen LogP contribution < -0.4 is 0 Å². The highest BCUT2D eigenvalue weighted by Gasteiger charge is 2.18. The van der Waals surface area contributed by atoms with Crippen molar-refractivity contribution in [2.24, 2.45) is 0 Å². The van der Waals surface area contributed by atoms with Gasteiger partial charge in [-0.1, -0.05) is 12.1 Å². The minimum absolute atomic E-state index is 0.113. The SMILES string of the molecule is COC(CS(=O)(=O)Cl)c1ccc(O)cc1. The van der Waals surface area contributed by atoms with Gasteiger partial charge >= 0.3 is 0 Å². The van der Waals surface area contributed by atoms with Gasteiger partial charge in [0.05, 0.1) is 11.9 Å². The summed E-state index contributed by atoms with van der Waals surface area (Å²) in [6, 6.07) is 6.10. The second-order valence-corrected chi connectivity index (χ2v) is 5.84. The second-order valence-electron chi connectivity index (χ2n) is 3.02. The maximum Gasteiger partial charge on any atom is 0.235 e. The first-order valence-electron chi connectivity index (χ1n) is 4.16. The Bertz CT molecular complexity index is 412. The summed E-state index contributed by atoms with van der Waals surface area (Å²) in [5.41, 5.74) is 0.652. The maximum absolute atomic E-state index is 10.9. The third kappa shape index (κ3) is 4.07. The van der Waals surface area contributed by atoms with Crippen molar-refractivity contribution >= 4 is 19.7 Å². The Kier molecular flexibility index (Phi) is 3.96. The van der Waals surface area contributed by atoms with E-state index in [0.29, 0.717) is 5.56 Å². The molecule has 1 rings (SSSR count). The molecule has 0 aromatic heterocycles. The molecule has 15 heavy (non-hydrogen) atoms. The number of ether oxygens (including phenoxy) is 1. The Morgan fingerprint density at radius 1 is 1.40 bits per heavy atom. The molecule has 84 valence electrons. The lowest BCUT2D eigenvalue weighted by molar-refractivity contribution is 0.122. The summed E-state index contributed by atoms with van der Waals surface area (Å²) >= 11 is 0. The van der Waals surface area contributed by atoms with E-state index < -0.39 is 15.2 Å². The molecule has 0 saturated heterocycles. The van der Waals surface area contributed by atoms with Crippen LogP contribution in [-0.2, 0) is 13.8 Å². The predicted molar refractivity (Wildman–Crippen MR) is 57.5 cm³/mol. The normalized spacial score (nSPS) is 13.7. The van der Waals surface area contributed by atoms with Crippen molar-refractivity contribution in [2.45, 2.75) is 6.10 Å². The fraction of sp³-hybridized carbons (Fsp3) is 0.333. The summed E-state index contributed by atoms with van der Waals surface area (Å²) in [4.78, 5) is 0. The maximum atomic E-state index is 10.9. The van der Waals surface area contributed by atoms with Crippen LogP contribution >= 0.6 is 10.7 Å². The van der Waals surface area contributed by atoms with E-state index in [-0.39, 0.29) is 11.5 Å². The molecule has 0 saturated carbocycles. The van der Waals surface area contributed by atoms with E-state index in [1.54, 1.807) is 12.1 Å². The first kappa shape index (κ1) is 12.3. The molecule has 0 aliphatic heterocycles. The standard InChI is InChI=1S/C9H11ClO4S/c1-14-9(6-15(10,12)13)7-2-4-8(11)5-3-7/h2-5,9,11H,6H2,1H3. The average molecular weight is 251 g/mol. The number of phenols is 1. The van der Waals surface area contributed by atoms with Crippen LogP contribution in [-0.4, -0.2) is 26.4 Å².